The predicted octanol–water partition coefficient (Wildman–Crippen LogP) is 2.97. The minimum Gasteiger partial charge on any atom is -0.464 e. The van der Waals surface area contributed by atoms with Gasteiger partial charge in [0.15, 0.2) is 0 Å². The molecule has 2 aromatic heterocycles. The number of likely N-dealkylation sites (N-methyl/N-ethyl adjacent to an activating group) is 1. The summed E-state index contributed by atoms with van der Waals surface area (Å²) in [6, 6.07) is 6.86. The molecule has 1 unspecified atom stereocenters. The number of imidazole rings is 1. The van der Waals surface area contributed by atoms with Crippen molar-refractivity contribution >= 4 is 40.7 Å². The van der Waals surface area contributed by atoms with Gasteiger partial charge < -0.3 is 30.1 Å². The number of carboxylic acid groups (broad SMARTS) is 1. The van der Waals surface area contributed by atoms with Gasteiger partial charge >= 0.3 is 12.1 Å². The van der Waals surface area contributed by atoms with E-state index in [2.05, 4.69) is 29.5 Å². The first kappa shape index (κ1) is 32.6. The highest BCUT2D eigenvalue weighted by Crippen LogP contribution is 2.23. The number of urea groups is 1. The normalized spacial score (nSPS) is 12.0. The molecule has 0 fully saturated rings. The zero-order chi connectivity index (χ0) is 31.8. The zero-order valence-electron chi connectivity index (χ0n) is 25.3. The fraction of sp³-hybridized carbons (Fsp3) is 0.400. The molecule has 43 heavy (non-hydrogen) atoms. The maximum atomic E-state index is 13.4. The molecule has 1 atom stereocenters. The van der Waals surface area contributed by atoms with Crippen molar-refractivity contribution in [1.29, 1.82) is 0 Å². The second-order valence-corrected chi connectivity index (χ2v) is 11.0. The van der Waals surface area contributed by atoms with Crippen LogP contribution in [0.25, 0.3) is 11.0 Å². The molecule has 230 valence electrons. The number of carbonyl (C=O) groups excluding carboxylic acids is 3. The molecular weight excluding hydrogens is 554 g/mol. The van der Waals surface area contributed by atoms with Crippen LogP contribution in [0, 0.1) is 5.92 Å². The van der Waals surface area contributed by atoms with Gasteiger partial charge in [-0.15, -0.1) is 0 Å². The lowest BCUT2D eigenvalue weighted by atomic mass is 10.0. The summed E-state index contributed by atoms with van der Waals surface area (Å²) >= 11 is 0. The number of benzene rings is 1. The van der Waals surface area contributed by atoms with Gasteiger partial charge in [-0.05, 0) is 55.0 Å². The number of hydrogen-bond donors (Lipinski definition) is 3. The molecule has 0 radical (unpaired) electrons. The average molecular weight is 594 g/mol. The average Bonchev–Trinajstić information content (AvgIpc) is 3.31. The summed E-state index contributed by atoms with van der Waals surface area (Å²) in [4.78, 5) is 70.3. The molecule has 13 nitrogen and oxygen atoms in total. The van der Waals surface area contributed by atoms with E-state index in [1.807, 2.05) is 6.07 Å². The minimum atomic E-state index is -1.22. The largest absolute Gasteiger partial charge is 0.464 e. The van der Waals surface area contributed by atoms with Gasteiger partial charge in [0, 0.05) is 34.4 Å². The Labute approximate surface area is 249 Å². The molecule has 0 spiro atoms. The Morgan fingerprint density at radius 3 is 2.40 bits per heavy atom. The van der Waals surface area contributed by atoms with Crippen molar-refractivity contribution in [1.82, 2.24) is 29.2 Å². The van der Waals surface area contributed by atoms with Gasteiger partial charge in [0.05, 0.1) is 17.6 Å². The van der Waals surface area contributed by atoms with Crippen LogP contribution in [0.15, 0.2) is 53.5 Å². The van der Waals surface area contributed by atoms with Crippen molar-refractivity contribution in [3.63, 3.8) is 0 Å². The van der Waals surface area contributed by atoms with Crippen LogP contribution in [-0.4, -0.2) is 87.2 Å². The standard InChI is InChI=1S/C30H39N7O6/c1-19(2)17-20-11-9-14-23-26(20)33-24(37(23)30(42)43)18-36-16-10-13-22(28(36)40)31-27(39)21(32-29(41)35(5)6)12-7-8-15-25(38)34(3)4/h8-11,13-16,19,21H,7,12,17-18H2,1-6H3,(H,31,39)(H,32,41)(H,42,43). The smallest absolute Gasteiger partial charge is 0.417 e. The molecule has 3 aromatic rings. The van der Waals surface area contributed by atoms with E-state index in [1.54, 1.807) is 38.4 Å². The van der Waals surface area contributed by atoms with Crippen LogP contribution in [-0.2, 0) is 22.6 Å². The number of aromatic nitrogens is 3. The van der Waals surface area contributed by atoms with Crippen molar-refractivity contribution in [3.05, 3.63) is 70.4 Å². The third-order valence-corrected chi connectivity index (χ3v) is 6.59. The summed E-state index contributed by atoms with van der Waals surface area (Å²) in [5, 5.41) is 15.2. The maximum absolute atomic E-state index is 13.4. The van der Waals surface area contributed by atoms with E-state index in [0.29, 0.717) is 29.8 Å². The van der Waals surface area contributed by atoms with Gasteiger partial charge in [-0.2, -0.15) is 0 Å². The molecule has 0 aliphatic heterocycles. The second kappa shape index (κ2) is 14.3. The number of anilines is 1. The number of rotatable bonds is 11. The minimum absolute atomic E-state index is 0.0478. The fourth-order valence-corrected chi connectivity index (χ4v) is 4.40. The first-order chi connectivity index (χ1) is 20.3. The van der Waals surface area contributed by atoms with Gasteiger partial charge in [0.25, 0.3) is 5.56 Å². The lowest BCUT2D eigenvalue weighted by Crippen LogP contribution is -2.48. The molecule has 13 heteroatoms. The number of para-hydroxylation sites is 1. The van der Waals surface area contributed by atoms with Crippen molar-refractivity contribution in [3.8, 4) is 0 Å². The van der Waals surface area contributed by atoms with E-state index >= 15 is 0 Å². The highest BCUT2D eigenvalue weighted by Gasteiger charge is 2.23. The Bertz CT molecular complexity index is 1590. The molecule has 3 N–H and O–H groups in total. The molecule has 0 saturated carbocycles. The van der Waals surface area contributed by atoms with Gasteiger partial charge in [-0.25, -0.2) is 19.1 Å². The molecule has 0 saturated heterocycles. The van der Waals surface area contributed by atoms with Gasteiger partial charge in [0.1, 0.15) is 17.6 Å². The predicted molar refractivity (Wildman–Crippen MR) is 163 cm³/mol. The molecule has 0 aliphatic rings. The van der Waals surface area contributed by atoms with Crippen LogP contribution in [0.3, 0.4) is 0 Å². The topological polar surface area (TPSA) is 159 Å². The lowest BCUT2D eigenvalue weighted by Gasteiger charge is -2.20. The maximum Gasteiger partial charge on any atom is 0.417 e. The van der Waals surface area contributed by atoms with Crippen molar-refractivity contribution < 1.29 is 24.3 Å². The summed E-state index contributed by atoms with van der Waals surface area (Å²) in [7, 11) is 6.31. The van der Waals surface area contributed by atoms with Gasteiger partial charge in [-0.1, -0.05) is 32.1 Å². The molecule has 0 aliphatic carbocycles. The van der Waals surface area contributed by atoms with Crippen LogP contribution < -0.4 is 16.2 Å². The van der Waals surface area contributed by atoms with Crippen molar-refractivity contribution in [2.24, 2.45) is 5.92 Å². The number of pyridine rings is 1. The Balaban J connectivity index is 1.88. The number of allylic oxidation sites excluding steroid dienone is 1. The highest BCUT2D eigenvalue weighted by molar-refractivity contribution is 5.97. The van der Waals surface area contributed by atoms with Crippen LogP contribution in [0.5, 0.6) is 0 Å². The van der Waals surface area contributed by atoms with E-state index in [-0.39, 0.29) is 30.4 Å². The third-order valence-electron chi connectivity index (χ3n) is 6.59. The summed E-state index contributed by atoms with van der Waals surface area (Å²) in [6.45, 7) is 3.97. The number of hydrogen-bond acceptors (Lipinski definition) is 6. The summed E-state index contributed by atoms with van der Waals surface area (Å²) < 4.78 is 2.33. The molecule has 4 amide bonds. The molecule has 2 heterocycles. The Hall–Kier alpha value is -4.94. The zero-order valence-corrected chi connectivity index (χ0v) is 25.3. The Morgan fingerprint density at radius 1 is 1.05 bits per heavy atom. The highest BCUT2D eigenvalue weighted by atomic mass is 16.4. The number of nitrogens with one attached hydrogen (secondary N) is 2. The van der Waals surface area contributed by atoms with E-state index in [0.717, 1.165) is 10.1 Å². The van der Waals surface area contributed by atoms with Crippen molar-refractivity contribution in [2.75, 3.05) is 33.5 Å². The lowest BCUT2D eigenvalue weighted by molar-refractivity contribution is -0.123. The molecular formula is C30H39N7O6. The van der Waals surface area contributed by atoms with Crippen LogP contribution >= 0.6 is 0 Å². The van der Waals surface area contributed by atoms with E-state index < -0.39 is 29.6 Å². The summed E-state index contributed by atoms with van der Waals surface area (Å²) in [6.07, 6.45) is 4.45. The van der Waals surface area contributed by atoms with Crippen LogP contribution in [0.4, 0.5) is 15.3 Å². The number of fused-ring (bicyclic) bond motifs is 1. The Kier molecular flexibility index (Phi) is 10.8. The van der Waals surface area contributed by atoms with E-state index in [1.165, 1.54) is 46.8 Å². The van der Waals surface area contributed by atoms with Crippen molar-refractivity contribution in [2.45, 2.75) is 45.7 Å². The number of amides is 4. The first-order valence-corrected chi connectivity index (χ1v) is 13.9. The van der Waals surface area contributed by atoms with Gasteiger partial charge in [-0.3, -0.25) is 14.4 Å². The van der Waals surface area contributed by atoms with E-state index in [9.17, 15) is 29.1 Å². The van der Waals surface area contributed by atoms with Crippen LogP contribution in [0.1, 0.15) is 38.1 Å². The first-order valence-electron chi connectivity index (χ1n) is 13.9. The fourth-order valence-electron chi connectivity index (χ4n) is 4.40. The summed E-state index contributed by atoms with van der Waals surface area (Å²) in [5.74, 6) is -0.349. The van der Waals surface area contributed by atoms with Crippen LogP contribution in [0.2, 0.25) is 0 Å². The third kappa shape index (κ3) is 8.31. The molecule has 3 rings (SSSR count). The SMILES string of the molecule is CC(C)Cc1cccc2c1nc(Cn1cccc(NC(=O)C(CCC=CC(=O)N(C)C)NC(=O)N(C)C)c1=O)n2C(=O)O. The summed E-state index contributed by atoms with van der Waals surface area (Å²) in [5.41, 5.74) is 1.28. The number of nitrogens with zero attached hydrogens (tertiary/aromatic N) is 5. The quantitative estimate of drug-likeness (QED) is 0.288. The number of carbonyl (C=O) groups is 4. The molecule has 0 bridgehead atoms. The van der Waals surface area contributed by atoms with Gasteiger partial charge in [0.2, 0.25) is 11.8 Å². The Morgan fingerprint density at radius 2 is 1.77 bits per heavy atom. The second-order valence-electron chi connectivity index (χ2n) is 11.0. The molecule has 1 aromatic carbocycles. The monoisotopic (exact) mass is 593 g/mol. The van der Waals surface area contributed by atoms with E-state index in [4.69, 9.17) is 0 Å².